The van der Waals surface area contributed by atoms with Crippen molar-refractivity contribution in [1.29, 1.82) is 0 Å². The molecule has 0 radical (unpaired) electrons. The second-order valence-electron chi connectivity index (χ2n) is 7.19. The molecule has 0 atom stereocenters. The predicted octanol–water partition coefficient (Wildman–Crippen LogP) is 3.35. The van der Waals surface area contributed by atoms with E-state index in [1.165, 1.54) is 5.56 Å². The molecule has 0 unspecified atom stereocenters. The van der Waals surface area contributed by atoms with Gasteiger partial charge in [-0.25, -0.2) is 4.79 Å². The summed E-state index contributed by atoms with van der Waals surface area (Å²) in [6.07, 6.45) is 0.968. The summed E-state index contributed by atoms with van der Waals surface area (Å²) in [5.74, 6) is 0. The number of carbonyl (C=O) groups is 1. The molecule has 2 amide bonds. The summed E-state index contributed by atoms with van der Waals surface area (Å²) in [6, 6.07) is 17.9. The normalized spacial score (nSPS) is 15.3. The van der Waals surface area contributed by atoms with Crippen molar-refractivity contribution in [2.75, 3.05) is 39.3 Å². The van der Waals surface area contributed by atoms with Crippen LogP contribution in [0.3, 0.4) is 0 Å². The Kier molecular flexibility index (Phi) is 8.15. The zero-order chi connectivity index (χ0) is 19.6. The van der Waals surface area contributed by atoms with E-state index in [1.807, 2.05) is 42.5 Å². The van der Waals surface area contributed by atoms with Crippen molar-refractivity contribution in [2.24, 2.45) is 0 Å². The Morgan fingerprint density at radius 1 is 0.857 bits per heavy atom. The van der Waals surface area contributed by atoms with Gasteiger partial charge in [-0.15, -0.1) is 0 Å². The van der Waals surface area contributed by atoms with E-state index in [2.05, 4.69) is 32.6 Å². The Balaban J connectivity index is 1.24. The zero-order valence-electron chi connectivity index (χ0n) is 16.2. The molecule has 0 bridgehead atoms. The number of rotatable bonds is 8. The maximum absolute atomic E-state index is 11.9. The molecule has 0 aliphatic carbocycles. The first kappa shape index (κ1) is 20.6. The van der Waals surface area contributed by atoms with Gasteiger partial charge < -0.3 is 15.5 Å². The number of hydrogen-bond donors (Lipinski definition) is 2. The SMILES string of the molecule is O=C(NCCCN1CCN(Cc2ccc(Cl)cc2)CC1)NCc1ccccc1. The van der Waals surface area contributed by atoms with Gasteiger partial charge in [0, 0.05) is 50.8 Å². The van der Waals surface area contributed by atoms with Crippen molar-refractivity contribution in [3.05, 3.63) is 70.7 Å². The van der Waals surface area contributed by atoms with Gasteiger partial charge in [0.25, 0.3) is 0 Å². The Morgan fingerprint density at radius 2 is 1.54 bits per heavy atom. The maximum atomic E-state index is 11.9. The second kappa shape index (κ2) is 11.1. The summed E-state index contributed by atoms with van der Waals surface area (Å²) in [5, 5.41) is 6.62. The topological polar surface area (TPSA) is 47.6 Å². The molecular weight excluding hydrogens is 372 g/mol. The molecule has 1 saturated heterocycles. The highest BCUT2D eigenvalue weighted by atomic mass is 35.5. The Morgan fingerprint density at radius 3 is 2.25 bits per heavy atom. The van der Waals surface area contributed by atoms with Crippen LogP contribution in [0.4, 0.5) is 4.79 Å². The lowest BCUT2D eigenvalue weighted by Crippen LogP contribution is -2.46. The van der Waals surface area contributed by atoms with E-state index in [4.69, 9.17) is 11.6 Å². The number of piperazine rings is 1. The summed E-state index contributed by atoms with van der Waals surface area (Å²) in [5.41, 5.74) is 2.41. The summed E-state index contributed by atoms with van der Waals surface area (Å²) < 4.78 is 0. The lowest BCUT2D eigenvalue weighted by atomic mass is 10.2. The van der Waals surface area contributed by atoms with Gasteiger partial charge in [-0.05, 0) is 36.2 Å². The molecule has 2 aromatic rings. The van der Waals surface area contributed by atoms with Gasteiger partial charge in [0.2, 0.25) is 0 Å². The van der Waals surface area contributed by atoms with Crippen LogP contribution < -0.4 is 10.6 Å². The van der Waals surface area contributed by atoms with Crippen molar-refractivity contribution in [3.63, 3.8) is 0 Å². The Labute approximate surface area is 172 Å². The third-order valence-corrected chi connectivity index (χ3v) is 5.27. The van der Waals surface area contributed by atoms with Crippen LogP contribution in [0.1, 0.15) is 17.5 Å². The van der Waals surface area contributed by atoms with Crippen LogP contribution in [0.5, 0.6) is 0 Å². The lowest BCUT2D eigenvalue weighted by Gasteiger charge is -2.34. The Hall–Kier alpha value is -2.08. The summed E-state index contributed by atoms with van der Waals surface area (Å²) in [6.45, 7) is 7.57. The number of nitrogens with zero attached hydrogens (tertiary/aromatic N) is 2. The van der Waals surface area contributed by atoms with E-state index in [0.29, 0.717) is 13.1 Å². The molecule has 0 aromatic heterocycles. The van der Waals surface area contributed by atoms with Crippen molar-refractivity contribution in [3.8, 4) is 0 Å². The van der Waals surface area contributed by atoms with E-state index < -0.39 is 0 Å². The highest BCUT2D eigenvalue weighted by molar-refractivity contribution is 6.30. The molecule has 28 heavy (non-hydrogen) atoms. The van der Waals surface area contributed by atoms with Crippen LogP contribution in [-0.4, -0.2) is 55.1 Å². The van der Waals surface area contributed by atoms with E-state index in [1.54, 1.807) is 0 Å². The fraction of sp³-hybridized carbons (Fsp3) is 0.409. The molecule has 3 rings (SSSR count). The quantitative estimate of drug-likeness (QED) is 0.668. The third-order valence-electron chi connectivity index (χ3n) is 5.02. The number of nitrogens with one attached hydrogen (secondary N) is 2. The number of carbonyl (C=O) groups excluding carboxylic acids is 1. The maximum Gasteiger partial charge on any atom is 0.315 e. The molecule has 2 aromatic carbocycles. The molecule has 0 spiro atoms. The van der Waals surface area contributed by atoms with Crippen LogP contribution in [0.15, 0.2) is 54.6 Å². The monoisotopic (exact) mass is 400 g/mol. The molecule has 6 heteroatoms. The number of benzene rings is 2. The van der Waals surface area contributed by atoms with Crippen LogP contribution in [0.2, 0.25) is 5.02 Å². The van der Waals surface area contributed by atoms with Gasteiger partial charge in [-0.1, -0.05) is 54.1 Å². The fourth-order valence-corrected chi connectivity index (χ4v) is 3.49. The molecule has 150 valence electrons. The first-order valence-corrected chi connectivity index (χ1v) is 10.3. The van der Waals surface area contributed by atoms with Gasteiger partial charge in [0.1, 0.15) is 0 Å². The van der Waals surface area contributed by atoms with Gasteiger partial charge in [0.05, 0.1) is 0 Å². The highest BCUT2D eigenvalue weighted by Gasteiger charge is 2.16. The van der Waals surface area contributed by atoms with Gasteiger partial charge in [0.15, 0.2) is 0 Å². The van der Waals surface area contributed by atoms with Crippen molar-refractivity contribution < 1.29 is 4.79 Å². The van der Waals surface area contributed by atoms with Gasteiger partial charge in [-0.2, -0.15) is 0 Å². The summed E-state index contributed by atoms with van der Waals surface area (Å²) in [4.78, 5) is 16.8. The first-order valence-electron chi connectivity index (χ1n) is 9.94. The molecule has 1 heterocycles. The largest absolute Gasteiger partial charge is 0.338 e. The van der Waals surface area contributed by atoms with E-state index >= 15 is 0 Å². The average Bonchev–Trinajstić information content (AvgIpc) is 2.73. The minimum atomic E-state index is -0.100. The zero-order valence-corrected chi connectivity index (χ0v) is 17.0. The minimum Gasteiger partial charge on any atom is -0.338 e. The third kappa shape index (κ3) is 7.15. The number of halogens is 1. The standard InChI is InChI=1S/C22H29ClN4O/c23-21-9-7-20(8-10-21)18-27-15-13-26(14-16-27)12-4-11-24-22(28)25-17-19-5-2-1-3-6-19/h1-3,5-10H,4,11-18H2,(H2,24,25,28). The molecule has 0 saturated carbocycles. The predicted molar refractivity (Wildman–Crippen MR) is 114 cm³/mol. The number of urea groups is 1. The number of hydrogen-bond acceptors (Lipinski definition) is 3. The van der Waals surface area contributed by atoms with Crippen LogP contribution >= 0.6 is 11.6 Å². The molecule has 2 N–H and O–H groups in total. The van der Waals surface area contributed by atoms with E-state index in [9.17, 15) is 4.79 Å². The highest BCUT2D eigenvalue weighted by Crippen LogP contribution is 2.13. The molecule has 1 aliphatic heterocycles. The van der Waals surface area contributed by atoms with Crippen molar-refractivity contribution in [2.45, 2.75) is 19.5 Å². The molecule has 5 nitrogen and oxygen atoms in total. The molecular formula is C22H29ClN4O. The van der Waals surface area contributed by atoms with Crippen LogP contribution in [0, 0.1) is 0 Å². The van der Waals surface area contributed by atoms with Crippen LogP contribution in [0.25, 0.3) is 0 Å². The molecule has 1 aliphatic rings. The van der Waals surface area contributed by atoms with Gasteiger partial charge in [-0.3, -0.25) is 4.90 Å². The van der Waals surface area contributed by atoms with E-state index in [0.717, 1.165) is 56.3 Å². The number of amides is 2. The van der Waals surface area contributed by atoms with Crippen molar-refractivity contribution in [1.82, 2.24) is 20.4 Å². The average molecular weight is 401 g/mol. The minimum absolute atomic E-state index is 0.100. The summed E-state index contributed by atoms with van der Waals surface area (Å²) in [7, 11) is 0. The van der Waals surface area contributed by atoms with Crippen molar-refractivity contribution >= 4 is 17.6 Å². The first-order chi connectivity index (χ1) is 13.7. The Bertz CT molecular complexity index is 715. The summed E-state index contributed by atoms with van der Waals surface area (Å²) >= 11 is 5.95. The molecule has 1 fully saturated rings. The lowest BCUT2D eigenvalue weighted by molar-refractivity contribution is 0.126. The fourth-order valence-electron chi connectivity index (χ4n) is 3.36. The smallest absolute Gasteiger partial charge is 0.315 e. The van der Waals surface area contributed by atoms with E-state index in [-0.39, 0.29) is 6.03 Å². The second-order valence-corrected chi connectivity index (χ2v) is 7.63. The van der Waals surface area contributed by atoms with Crippen LogP contribution in [-0.2, 0) is 13.1 Å². The van der Waals surface area contributed by atoms with Gasteiger partial charge >= 0.3 is 6.03 Å².